The molecule has 1 aromatic heterocycles. The van der Waals surface area contributed by atoms with Gasteiger partial charge in [0.1, 0.15) is 0 Å². The third-order valence-electron chi connectivity index (χ3n) is 2.95. The number of likely N-dealkylation sites (N-methyl/N-ethyl adjacent to an activating group) is 1. The second-order valence-electron chi connectivity index (χ2n) is 4.42. The minimum atomic E-state index is 0.519. The topological polar surface area (TPSA) is 12.0 Å². The van der Waals surface area contributed by atoms with Gasteiger partial charge in [0.15, 0.2) is 0 Å². The second kappa shape index (κ2) is 7.07. The van der Waals surface area contributed by atoms with E-state index in [0.29, 0.717) is 6.04 Å². The summed E-state index contributed by atoms with van der Waals surface area (Å²) in [4.78, 5) is 0. The molecule has 0 saturated carbocycles. The molecule has 1 atom stereocenters. The van der Waals surface area contributed by atoms with Gasteiger partial charge in [-0.25, -0.2) is 0 Å². The highest BCUT2D eigenvalue weighted by Crippen LogP contribution is 2.15. The predicted octanol–water partition coefficient (Wildman–Crippen LogP) is 4.27. The maximum absolute atomic E-state index is 3.58. The van der Waals surface area contributed by atoms with Crippen molar-refractivity contribution in [2.24, 2.45) is 0 Å². The molecule has 0 bridgehead atoms. The molecule has 0 amide bonds. The Labute approximate surface area is 121 Å². The lowest BCUT2D eigenvalue weighted by Crippen LogP contribution is -2.32. The molecule has 2 aromatic rings. The summed E-state index contributed by atoms with van der Waals surface area (Å²) in [5.41, 5.74) is 2.82. The van der Waals surface area contributed by atoms with Crippen LogP contribution in [0.25, 0.3) is 0 Å². The highest BCUT2D eigenvalue weighted by atomic mass is 79.9. The van der Waals surface area contributed by atoms with E-state index >= 15 is 0 Å². The second-order valence-corrected chi connectivity index (χ2v) is 6.12. The Hall–Kier alpha value is -0.640. The number of nitrogens with one attached hydrogen (secondary N) is 1. The van der Waals surface area contributed by atoms with Crippen molar-refractivity contribution >= 4 is 27.3 Å². The zero-order chi connectivity index (χ0) is 12.8. The van der Waals surface area contributed by atoms with Gasteiger partial charge in [-0.05, 0) is 59.5 Å². The molecule has 18 heavy (non-hydrogen) atoms. The van der Waals surface area contributed by atoms with Gasteiger partial charge < -0.3 is 5.32 Å². The van der Waals surface area contributed by atoms with E-state index < -0.39 is 0 Å². The monoisotopic (exact) mass is 323 g/mol. The van der Waals surface area contributed by atoms with Crippen molar-refractivity contribution < 1.29 is 0 Å². The maximum atomic E-state index is 3.58. The van der Waals surface area contributed by atoms with Crippen LogP contribution in [0.15, 0.2) is 45.6 Å². The van der Waals surface area contributed by atoms with Crippen LogP contribution in [0.4, 0.5) is 0 Å². The van der Waals surface area contributed by atoms with E-state index in [1.807, 2.05) is 0 Å². The Morgan fingerprint density at radius 2 is 1.83 bits per heavy atom. The summed E-state index contributed by atoms with van der Waals surface area (Å²) in [6.07, 6.45) is 2.18. The predicted molar refractivity (Wildman–Crippen MR) is 83.3 cm³/mol. The summed E-state index contributed by atoms with van der Waals surface area (Å²) >= 11 is 5.25. The van der Waals surface area contributed by atoms with E-state index in [1.54, 1.807) is 11.3 Å². The van der Waals surface area contributed by atoms with E-state index in [0.717, 1.165) is 23.9 Å². The number of halogens is 1. The van der Waals surface area contributed by atoms with Gasteiger partial charge >= 0.3 is 0 Å². The molecule has 0 aliphatic rings. The van der Waals surface area contributed by atoms with Crippen LogP contribution < -0.4 is 5.32 Å². The van der Waals surface area contributed by atoms with Crippen molar-refractivity contribution in [1.29, 1.82) is 0 Å². The van der Waals surface area contributed by atoms with E-state index in [1.165, 1.54) is 11.1 Å². The standard InChI is InChI=1S/C15H18BrNS/c1-2-17-15(10-13-7-8-18-11-13)9-12-3-5-14(16)6-4-12/h3-8,11,15,17H,2,9-10H2,1H3. The van der Waals surface area contributed by atoms with Crippen LogP contribution in [0.5, 0.6) is 0 Å². The van der Waals surface area contributed by atoms with E-state index in [2.05, 4.69) is 69.3 Å². The van der Waals surface area contributed by atoms with Gasteiger partial charge in [-0.3, -0.25) is 0 Å². The van der Waals surface area contributed by atoms with Crippen molar-refractivity contribution in [2.45, 2.75) is 25.8 Å². The largest absolute Gasteiger partial charge is 0.314 e. The normalized spacial score (nSPS) is 12.6. The lowest BCUT2D eigenvalue weighted by molar-refractivity contribution is 0.522. The Balaban J connectivity index is 1.99. The molecule has 1 heterocycles. The highest BCUT2D eigenvalue weighted by molar-refractivity contribution is 9.10. The molecule has 0 aliphatic carbocycles. The van der Waals surface area contributed by atoms with Gasteiger partial charge in [0.25, 0.3) is 0 Å². The third kappa shape index (κ3) is 4.23. The third-order valence-corrected chi connectivity index (χ3v) is 4.21. The molecule has 1 unspecified atom stereocenters. The van der Waals surface area contributed by atoms with Crippen molar-refractivity contribution in [3.8, 4) is 0 Å². The molecule has 0 radical (unpaired) electrons. The number of hydrogen-bond donors (Lipinski definition) is 1. The molecule has 0 saturated heterocycles. The van der Waals surface area contributed by atoms with Gasteiger partial charge in [-0.1, -0.05) is 35.0 Å². The summed E-state index contributed by atoms with van der Waals surface area (Å²) in [5.74, 6) is 0. The number of benzene rings is 1. The number of thiophene rings is 1. The fourth-order valence-corrected chi connectivity index (χ4v) is 3.05. The Kier molecular flexibility index (Phi) is 5.42. The Morgan fingerprint density at radius 3 is 2.44 bits per heavy atom. The Bertz CT molecular complexity index is 450. The maximum Gasteiger partial charge on any atom is 0.0175 e. The fraction of sp³-hybridized carbons (Fsp3) is 0.333. The first-order valence-corrected chi connectivity index (χ1v) is 8.00. The van der Waals surface area contributed by atoms with Crippen LogP contribution in [-0.2, 0) is 12.8 Å². The van der Waals surface area contributed by atoms with Crippen LogP contribution in [0.3, 0.4) is 0 Å². The molecular weight excluding hydrogens is 306 g/mol. The van der Waals surface area contributed by atoms with Gasteiger partial charge in [-0.15, -0.1) is 0 Å². The quantitative estimate of drug-likeness (QED) is 0.836. The van der Waals surface area contributed by atoms with Crippen LogP contribution >= 0.6 is 27.3 Å². The first-order valence-electron chi connectivity index (χ1n) is 6.27. The SMILES string of the molecule is CCNC(Cc1ccc(Br)cc1)Cc1ccsc1. The molecule has 3 heteroatoms. The van der Waals surface area contributed by atoms with E-state index in [-0.39, 0.29) is 0 Å². The Morgan fingerprint density at radius 1 is 1.11 bits per heavy atom. The summed E-state index contributed by atoms with van der Waals surface area (Å²) in [6, 6.07) is 11.4. The molecule has 1 N–H and O–H groups in total. The van der Waals surface area contributed by atoms with Crippen LogP contribution in [-0.4, -0.2) is 12.6 Å². The van der Waals surface area contributed by atoms with Crippen molar-refractivity contribution in [3.63, 3.8) is 0 Å². The molecule has 96 valence electrons. The van der Waals surface area contributed by atoms with Gasteiger partial charge in [-0.2, -0.15) is 11.3 Å². The minimum Gasteiger partial charge on any atom is -0.314 e. The van der Waals surface area contributed by atoms with E-state index in [4.69, 9.17) is 0 Å². The first kappa shape index (κ1) is 13.8. The fourth-order valence-electron chi connectivity index (χ4n) is 2.10. The van der Waals surface area contributed by atoms with Crippen molar-refractivity contribution in [2.75, 3.05) is 6.54 Å². The average molecular weight is 324 g/mol. The van der Waals surface area contributed by atoms with E-state index in [9.17, 15) is 0 Å². The molecular formula is C15H18BrNS. The van der Waals surface area contributed by atoms with Crippen LogP contribution in [0.2, 0.25) is 0 Å². The van der Waals surface area contributed by atoms with Crippen LogP contribution in [0.1, 0.15) is 18.1 Å². The smallest absolute Gasteiger partial charge is 0.0175 e. The van der Waals surface area contributed by atoms with Gasteiger partial charge in [0.05, 0.1) is 0 Å². The first-order chi connectivity index (χ1) is 8.78. The van der Waals surface area contributed by atoms with Crippen LogP contribution in [0, 0.1) is 0 Å². The molecule has 1 aromatic carbocycles. The zero-order valence-electron chi connectivity index (χ0n) is 10.5. The number of hydrogen-bond acceptors (Lipinski definition) is 2. The van der Waals surface area contributed by atoms with Crippen molar-refractivity contribution in [1.82, 2.24) is 5.32 Å². The van der Waals surface area contributed by atoms with Crippen molar-refractivity contribution in [3.05, 3.63) is 56.7 Å². The zero-order valence-corrected chi connectivity index (χ0v) is 12.9. The highest BCUT2D eigenvalue weighted by Gasteiger charge is 2.09. The molecule has 2 rings (SSSR count). The number of rotatable bonds is 6. The molecule has 0 aliphatic heterocycles. The average Bonchev–Trinajstić information content (AvgIpc) is 2.85. The summed E-state index contributed by atoms with van der Waals surface area (Å²) in [6.45, 7) is 3.19. The molecule has 0 spiro atoms. The molecule has 0 fully saturated rings. The van der Waals surface area contributed by atoms with Gasteiger partial charge in [0, 0.05) is 10.5 Å². The summed E-state index contributed by atoms with van der Waals surface area (Å²) in [7, 11) is 0. The minimum absolute atomic E-state index is 0.519. The summed E-state index contributed by atoms with van der Waals surface area (Å²) < 4.78 is 1.14. The molecule has 1 nitrogen and oxygen atoms in total. The van der Waals surface area contributed by atoms with Gasteiger partial charge in [0.2, 0.25) is 0 Å². The lowest BCUT2D eigenvalue weighted by atomic mass is 10.0. The lowest BCUT2D eigenvalue weighted by Gasteiger charge is -2.17. The summed E-state index contributed by atoms with van der Waals surface area (Å²) in [5, 5.41) is 7.97.